The smallest absolute Gasteiger partial charge is 0.241 e. The third-order valence-corrected chi connectivity index (χ3v) is 5.74. The molecule has 0 aromatic heterocycles. The van der Waals surface area contributed by atoms with Crippen LogP contribution in [-0.2, 0) is 21.4 Å². The summed E-state index contributed by atoms with van der Waals surface area (Å²) in [7, 11) is -3.74. The first-order valence-electron chi connectivity index (χ1n) is 8.09. The second kappa shape index (κ2) is 7.80. The SMILES string of the molecule is Cc1cc(C)c(S(=O)(=O)NCC(=O)NCc2ccccc2C)c(C)c1. The van der Waals surface area contributed by atoms with E-state index in [2.05, 4.69) is 10.0 Å². The molecule has 5 nitrogen and oxygen atoms in total. The van der Waals surface area contributed by atoms with Crippen LogP contribution in [0.15, 0.2) is 41.3 Å². The predicted molar refractivity (Wildman–Crippen MR) is 98.9 cm³/mol. The molecule has 0 aliphatic carbocycles. The molecule has 2 aromatic rings. The number of aryl methyl sites for hydroxylation is 4. The van der Waals surface area contributed by atoms with E-state index in [-0.39, 0.29) is 17.3 Å². The zero-order valence-electron chi connectivity index (χ0n) is 15.0. The lowest BCUT2D eigenvalue weighted by molar-refractivity contribution is -0.120. The minimum absolute atomic E-state index is 0.241. The fourth-order valence-corrected chi connectivity index (χ4v) is 4.32. The number of nitrogens with one attached hydrogen (secondary N) is 2. The fourth-order valence-electron chi connectivity index (χ4n) is 2.89. The molecule has 0 saturated heterocycles. The lowest BCUT2D eigenvalue weighted by atomic mass is 10.1. The van der Waals surface area contributed by atoms with Gasteiger partial charge in [-0.15, -0.1) is 0 Å². The lowest BCUT2D eigenvalue weighted by Crippen LogP contribution is -2.37. The molecule has 0 aliphatic heterocycles. The standard InChI is InChI=1S/C19H24N2O3S/c1-13-9-15(3)19(16(4)10-13)25(23,24)21-12-18(22)20-11-17-8-6-5-7-14(17)2/h5-10,21H,11-12H2,1-4H3,(H,20,22). The van der Waals surface area contributed by atoms with Crippen molar-refractivity contribution in [3.63, 3.8) is 0 Å². The van der Waals surface area contributed by atoms with Crippen LogP contribution in [-0.4, -0.2) is 20.9 Å². The van der Waals surface area contributed by atoms with Gasteiger partial charge in [-0.1, -0.05) is 42.0 Å². The van der Waals surface area contributed by atoms with Crippen LogP contribution in [0.3, 0.4) is 0 Å². The van der Waals surface area contributed by atoms with E-state index < -0.39 is 10.0 Å². The van der Waals surface area contributed by atoms with E-state index in [1.54, 1.807) is 13.8 Å². The van der Waals surface area contributed by atoms with Gasteiger partial charge in [-0.2, -0.15) is 0 Å². The van der Waals surface area contributed by atoms with E-state index in [0.29, 0.717) is 17.7 Å². The molecule has 0 fully saturated rings. The monoisotopic (exact) mass is 360 g/mol. The highest BCUT2D eigenvalue weighted by molar-refractivity contribution is 7.89. The van der Waals surface area contributed by atoms with E-state index in [4.69, 9.17) is 0 Å². The van der Waals surface area contributed by atoms with Gasteiger partial charge in [0.15, 0.2) is 0 Å². The molecule has 2 aromatic carbocycles. The third-order valence-electron chi connectivity index (χ3n) is 4.03. The first kappa shape index (κ1) is 19.1. The van der Waals surface area contributed by atoms with Gasteiger partial charge in [-0.3, -0.25) is 4.79 Å². The summed E-state index contributed by atoms with van der Waals surface area (Å²) in [6.07, 6.45) is 0. The van der Waals surface area contributed by atoms with Gasteiger partial charge in [-0.05, 0) is 49.9 Å². The topological polar surface area (TPSA) is 75.3 Å². The molecule has 0 aliphatic rings. The maximum Gasteiger partial charge on any atom is 0.241 e. The minimum atomic E-state index is -3.74. The minimum Gasteiger partial charge on any atom is -0.351 e. The molecule has 1 amide bonds. The van der Waals surface area contributed by atoms with Crippen molar-refractivity contribution in [2.45, 2.75) is 39.1 Å². The quantitative estimate of drug-likeness (QED) is 0.831. The Morgan fingerprint density at radius 3 is 2.16 bits per heavy atom. The number of benzene rings is 2. The van der Waals surface area contributed by atoms with Crippen molar-refractivity contribution in [1.29, 1.82) is 0 Å². The Balaban J connectivity index is 2.00. The van der Waals surface area contributed by atoms with Crippen molar-refractivity contribution < 1.29 is 13.2 Å². The molecular formula is C19H24N2O3S. The van der Waals surface area contributed by atoms with Gasteiger partial charge in [-0.25, -0.2) is 13.1 Å². The molecule has 0 radical (unpaired) electrons. The van der Waals surface area contributed by atoms with Crippen LogP contribution < -0.4 is 10.0 Å². The Labute approximate surface area is 149 Å². The van der Waals surface area contributed by atoms with Crippen LogP contribution in [0.4, 0.5) is 0 Å². The maximum absolute atomic E-state index is 12.5. The zero-order chi connectivity index (χ0) is 18.6. The van der Waals surface area contributed by atoms with Gasteiger partial charge in [0, 0.05) is 6.54 Å². The fraction of sp³-hybridized carbons (Fsp3) is 0.316. The van der Waals surface area contributed by atoms with Crippen LogP contribution in [0.1, 0.15) is 27.8 Å². The van der Waals surface area contributed by atoms with Gasteiger partial charge >= 0.3 is 0 Å². The van der Waals surface area contributed by atoms with Crippen LogP contribution in [0.5, 0.6) is 0 Å². The second-order valence-corrected chi connectivity index (χ2v) is 7.96. The highest BCUT2D eigenvalue weighted by Gasteiger charge is 2.20. The molecule has 0 atom stereocenters. The van der Waals surface area contributed by atoms with Gasteiger partial charge in [0.25, 0.3) is 0 Å². The van der Waals surface area contributed by atoms with Gasteiger partial charge in [0.2, 0.25) is 15.9 Å². The number of carbonyl (C=O) groups excluding carboxylic acids is 1. The van der Waals surface area contributed by atoms with E-state index in [0.717, 1.165) is 16.7 Å². The number of hydrogen-bond donors (Lipinski definition) is 2. The molecule has 2 N–H and O–H groups in total. The molecule has 0 saturated carbocycles. The molecule has 0 spiro atoms. The van der Waals surface area contributed by atoms with E-state index in [9.17, 15) is 13.2 Å². The van der Waals surface area contributed by atoms with Crippen molar-refractivity contribution in [1.82, 2.24) is 10.0 Å². The average molecular weight is 360 g/mol. The largest absolute Gasteiger partial charge is 0.351 e. The molecule has 25 heavy (non-hydrogen) atoms. The number of carbonyl (C=O) groups is 1. The molecular weight excluding hydrogens is 336 g/mol. The molecule has 0 unspecified atom stereocenters. The normalized spacial score (nSPS) is 11.4. The predicted octanol–water partition coefficient (Wildman–Crippen LogP) is 2.51. The highest BCUT2D eigenvalue weighted by Crippen LogP contribution is 2.21. The Hall–Kier alpha value is -2.18. The summed E-state index contributed by atoms with van der Waals surface area (Å²) in [5.74, 6) is -0.366. The van der Waals surface area contributed by atoms with Crippen molar-refractivity contribution in [3.8, 4) is 0 Å². The van der Waals surface area contributed by atoms with Crippen molar-refractivity contribution >= 4 is 15.9 Å². The van der Waals surface area contributed by atoms with Crippen molar-refractivity contribution in [2.24, 2.45) is 0 Å². The maximum atomic E-state index is 12.5. The van der Waals surface area contributed by atoms with E-state index in [1.165, 1.54) is 0 Å². The Kier molecular flexibility index (Phi) is 5.98. The van der Waals surface area contributed by atoms with E-state index >= 15 is 0 Å². The summed E-state index contributed by atoms with van der Waals surface area (Å²) >= 11 is 0. The van der Waals surface area contributed by atoms with Crippen LogP contribution in [0.25, 0.3) is 0 Å². The average Bonchev–Trinajstić information content (AvgIpc) is 2.51. The summed E-state index contributed by atoms with van der Waals surface area (Å²) in [6.45, 7) is 7.48. The zero-order valence-corrected chi connectivity index (χ0v) is 15.8. The second-order valence-electron chi connectivity index (χ2n) is 6.26. The molecule has 0 heterocycles. The third kappa shape index (κ3) is 4.90. The lowest BCUT2D eigenvalue weighted by Gasteiger charge is -2.13. The number of hydrogen-bond acceptors (Lipinski definition) is 3. The molecule has 2 rings (SSSR count). The van der Waals surface area contributed by atoms with Crippen molar-refractivity contribution in [3.05, 3.63) is 64.2 Å². The van der Waals surface area contributed by atoms with Crippen molar-refractivity contribution in [2.75, 3.05) is 6.54 Å². The summed E-state index contributed by atoms with van der Waals surface area (Å²) < 4.78 is 27.4. The van der Waals surface area contributed by atoms with Crippen LogP contribution in [0, 0.1) is 27.7 Å². The van der Waals surface area contributed by atoms with Gasteiger partial charge in [0.05, 0.1) is 11.4 Å². The first-order valence-corrected chi connectivity index (χ1v) is 9.58. The molecule has 134 valence electrons. The number of sulfonamides is 1. The van der Waals surface area contributed by atoms with Crippen LogP contribution in [0.2, 0.25) is 0 Å². The Bertz CT molecular complexity index is 866. The summed E-state index contributed by atoms with van der Waals surface area (Å²) in [6, 6.07) is 11.4. The molecule has 6 heteroatoms. The first-order chi connectivity index (χ1) is 11.7. The van der Waals surface area contributed by atoms with Gasteiger partial charge < -0.3 is 5.32 Å². The number of rotatable bonds is 6. The van der Waals surface area contributed by atoms with E-state index in [1.807, 2.05) is 50.2 Å². The van der Waals surface area contributed by atoms with Crippen LogP contribution >= 0.6 is 0 Å². The summed E-state index contributed by atoms with van der Waals surface area (Å²) in [5, 5.41) is 2.74. The Morgan fingerprint density at radius 2 is 1.56 bits per heavy atom. The highest BCUT2D eigenvalue weighted by atomic mass is 32.2. The summed E-state index contributed by atoms with van der Waals surface area (Å²) in [5.41, 5.74) is 4.43. The molecule has 0 bridgehead atoms. The summed E-state index contributed by atoms with van der Waals surface area (Å²) in [4.78, 5) is 12.2. The Morgan fingerprint density at radius 1 is 0.960 bits per heavy atom. The number of amides is 1. The van der Waals surface area contributed by atoms with Gasteiger partial charge in [0.1, 0.15) is 0 Å².